The van der Waals surface area contributed by atoms with Crippen LogP contribution in [0.5, 0.6) is 0 Å². The van der Waals surface area contributed by atoms with Crippen molar-refractivity contribution in [3.63, 3.8) is 0 Å². The molecule has 5 nitrogen and oxygen atoms in total. The highest BCUT2D eigenvalue weighted by molar-refractivity contribution is 9.10. The van der Waals surface area contributed by atoms with Crippen LogP contribution in [-0.2, 0) is 16.1 Å². The third-order valence-corrected chi connectivity index (χ3v) is 4.95. The molecule has 2 aromatic rings. The summed E-state index contributed by atoms with van der Waals surface area (Å²) >= 11 is 6.79. The third kappa shape index (κ3) is 6.55. The second-order valence-corrected chi connectivity index (χ2v) is 7.85. The van der Waals surface area contributed by atoms with Gasteiger partial charge in [-0.25, -0.2) is 0 Å². The highest BCUT2D eigenvalue weighted by Gasteiger charge is 2.15. The van der Waals surface area contributed by atoms with Crippen LogP contribution in [0.4, 0.5) is 5.69 Å². The van der Waals surface area contributed by atoms with Crippen LogP contribution in [0.1, 0.15) is 5.56 Å². The quantitative estimate of drug-likeness (QED) is 0.654. The molecule has 0 unspecified atom stereocenters. The zero-order chi connectivity index (χ0) is 19.1. The molecule has 138 valence electrons. The molecule has 0 aliphatic heterocycles. The van der Waals surface area contributed by atoms with Gasteiger partial charge in [-0.3, -0.25) is 14.5 Å². The smallest absolute Gasteiger partial charge is 0.244 e. The van der Waals surface area contributed by atoms with Crippen molar-refractivity contribution >= 4 is 49.4 Å². The largest absolute Gasteiger partial charge is 0.335 e. The predicted octanol–water partition coefficient (Wildman–Crippen LogP) is 3.74. The van der Waals surface area contributed by atoms with Crippen molar-refractivity contribution in [2.24, 2.45) is 0 Å². The molecule has 0 fully saturated rings. The molecule has 0 spiro atoms. The molecule has 0 saturated heterocycles. The number of benzene rings is 2. The number of nitrogens with one attached hydrogen (secondary N) is 1. The maximum Gasteiger partial charge on any atom is 0.244 e. The molecule has 0 saturated carbocycles. The van der Waals surface area contributed by atoms with Gasteiger partial charge in [-0.05, 0) is 52.8 Å². The van der Waals surface area contributed by atoms with Crippen LogP contribution in [0.25, 0.3) is 0 Å². The number of hydrogen-bond donors (Lipinski definition) is 1. The van der Waals surface area contributed by atoms with Crippen molar-refractivity contribution in [2.45, 2.75) is 6.54 Å². The van der Waals surface area contributed by atoms with E-state index in [0.29, 0.717) is 12.2 Å². The Morgan fingerprint density at radius 2 is 1.62 bits per heavy atom. The van der Waals surface area contributed by atoms with Gasteiger partial charge in [0.25, 0.3) is 0 Å². The van der Waals surface area contributed by atoms with E-state index in [4.69, 9.17) is 0 Å². The zero-order valence-electron chi connectivity index (χ0n) is 14.7. The van der Waals surface area contributed by atoms with Gasteiger partial charge in [0.15, 0.2) is 0 Å². The molecule has 26 heavy (non-hydrogen) atoms. The Labute approximate surface area is 170 Å². The third-order valence-electron chi connectivity index (χ3n) is 3.73. The summed E-state index contributed by atoms with van der Waals surface area (Å²) in [5.74, 6) is -0.338. The molecule has 0 aliphatic rings. The lowest BCUT2D eigenvalue weighted by atomic mass is 10.2. The second kappa shape index (κ2) is 9.85. The SMILES string of the molecule is CN(CC(=O)N(C)CC(=O)Nc1ccccc1Br)Cc1ccc(Br)cc1. The minimum atomic E-state index is -0.233. The van der Waals surface area contributed by atoms with Gasteiger partial charge in [-0.15, -0.1) is 0 Å². The number of amides is 2. The van der Waals surface area contributed by atoms with Crippen LogP contribution in [0.3, 0.4) is 0 Å². The van der Waals surface area contributed by atoms with E-state index >= 15 is 0 Å². The fraction of sp³-hybridized carbons (Fsp3) is 0.263. The van der Waals surface area contributed by atoms with Crippen molar-refractivity contribution in [3.8, 4) is 0 Å². The topological polar surface area (TPSA) is 52.7 Å². The summed E-state index contributed by atoms with van der Waals surface area (Å²) in [4.78, 5) is 27.8. The molecule has 2 aromatic carbocycles. The maximum atomic E-state index is 12.3. The molecule has 0 radical (unpaired) electrons. The Bertz CT molecular complexity index is 766. The molecule has 7 heteroatoms. The first-order chi connectivity index (χ1) is 12.3. The van der Waals surface area contributed by atoms with Gasteiger partial charge in [-0.1, -0.05) is 40.2 Å². The molecular formula is C19H21Br2N3O2. The van der Waals surface area contributed by atoms with Crippen LogP contribution in [0.15, 0.2) is 57.5 Å². The fourth-order valence-corrected chi connectivity index (χ4v) is 3.01. The summed E-state index contributed by atoms with van der Waals surface area (Å²) in [7, 11) is 3.52. The van der Waals surface area contributed by atoms with Crippen LogP contribution in [-0.4, -0.2) is 48.8 Å². The number of carbonyl (C=O) groups is 2. The number of halogens is 2. The molecular weight excluding hydrogens is 462 g/mol. The lowest BCUT2D eigenvalue weighted by molar-refractivity contribution is -0.134. The van der Waals surface area contributed by atoms with Gasteiger partial charge in [0, 0.05) is 22.5 Å². The zero-order valence-corrected chi connectivity index (χ0v) is 17.9. The molecule has 0 aliphatic carbocycles. The normalized spacial score (nSPS) is 10.7. The van der Waals surface area contributed by atoms with Gasteiger partial charge < -0.3 is 10.2 Å². The van der Waals surface area contributed by atoms with Gasteiger partial charge >= 0.3 is 0 Å². The summed E-state index contributed by atoms with van der Waals surface area (Å²) in [5.41, 5.74) is 1.81. The van der Waals surface area contributed by atoms with E-state index in [0.717, 1.165) is 14.5 Å². The van der Waals surface area contributed by atoms with E-state index in [2.05, 4.69) is 37.2 Å². The average molecular weight is 483 g/mol. The van der Waals surface area contributed by atoms with Crippen LogP contribution < -0.4 is 5.32 Å². The number of para-hydroxylation sites is 1. The first-order valence-electron chi connectivity index (χ1n) is 8.06. The number of nitrogens with zero attached hydrogens (tertiary/aromatic N) is 2. The van der Waals surface area contributed by atoms with Crippen LogP contribution in [0.2, 0.25) is 0 Å². The van der Waals surface area contributed by atoms with E-state index in [9.17, 15) is 9.59 Å². The fourth-order valence-electron chi connectivity index (χ4n) is 2.36. The minimum absolute atomic E-state index is 0.00624. The van der Waals surface area contributed by atoms with E-state index in [-0.39, 0.29) is 24.9 Å². The van der Waals surface area contributed by atoms with E-state index in [1.54, 1.807) is 13.1 Å². The number of hydrogen-bond acceptors (Lipinski definition) is 3. The number of rotatable bonds is 7. The van der Waals surface area contributed by atoms with Crippen molar-refractivity contribution in [2.75, 3.05) is 32.5 Å². The first-order valence-corrected chi connectivity index (χ1v) is 9.65. The Hall–Kier alpha value is -1.70. The van der Waals surface area contributed by atoms with Crippen molar-refractivity contribution in [1.82, 2.24) is 9.80 Å². The van der Waals surface area contributed by atoms with Gasteiger partial charge in [0.1, 0.15) is 0 Å². The molecule has 2 amide bonds. The summed E-state index contributed by atoms with van der Waals surface area (Å²) in [6.07, 6.45) is 0. The Morgan fingerprint density at radius 3 is 2.27 bits per heavy atom. The number of carbonyl (C=O) groups excluding carboxylic acids is 2. The molecule has 2 rings (SSSR count). The summed E-state index contributed by atoms with van der Waals surface area (Å²) in [5, 5.41) is 2.80. The van der Waals surface area contributed by atoms with Gasteiger partial charge in [0.05, 0.1) is 18.8 Å². The lowest BCUT2D eigenvalue weighted by Crippen LogP contribution is -2.40. The number of anilines is 1. The maximum absolute atomic E-state index is 12.3. The summed E-state index contributed by atoms with van der Waals surface area (Å²) in [6.45, 7) is 0.914. The van der Waals surface area contributed by atoms with Crippen LogP contribution in [0, 0.1) is 0 Å². The minimum Gasteiger partial charge on any atom is -0.335 e. The molecule has 0 aromatic heterocycles. The molecule has 0 atom stereocenters. The summed E-state index contributed by atoms with van der Waals surface area (Å²) in [6, 6.07) is 15.3. The first kappa shape index (κ1) is 20.6. The van der Waals surface area contributed by atoms with Crippen molar-refractivity contribution < 1.29 is 9.59 Å². The summed E-state index contributed by atoms with van der Waals surface area (Å²) < 4.78 is 1.83. The van der Waals surface area contributed by atoms with E-state index in [1.807, 2.05) is 54.4 Å². The molecule has 1 N–H and O–H groups in total. The van der Waals surface area contributed by atoms with E-state index < -0.39 is 0 Å². The van der Waals surface area contributed by atoms with Gasteiger partial charge in [0.2, 0.25) is 11.8 Å². The van der Waals surface area contributed by atoms with Crippen LogP contribution >= 0.6 is 31.9 Å². The highest BCUT2D eigenvalue weighted by Crippen LogP contribution is 2.21. The second-order valence-electron chi connectivity index (χ2n) is 6.08. The van der Waals surface area contributed by atoms with E-state index in [1.165, 1.54) is 4.90 Å². The van der Waals surface area contributed by atoms with Crippen molar-refractivity contribution in [1.29, 1.82) is 0 Å². The monoisotopic (exact) mass is 481 g/mol. The molecule has 0 bridgehead atoms. The Morgan fingerprint density at radius 1 is 0.962 bits per heavy atom. The molecule has 0 heterocycles. The average Bonchev–Trinajstić information content (AvgIpc) is 2.58. The lowest BCUT2D eigenvalue weighted by Gasteiger charge is -2.21. The number of likely N-dealkylation sites (N-methyl/N-ethyl adjacent to an activating group) is 2. The predicted molar refractivity (Wildman–Crippen MR) is 111 cm³/mol. The highest BCUT2D eigenvalue weighted by atomic mass is 79.9. The Kier molecular flexibility index (Phi) is 7.81. The Balaban J connectivity index is 1.81. The van der Waals surface area contributed by atoms with Gasteiger partial charge in [-0.2, -0.15) is 0 Å². The standard InChI is InChI=1S/C19H21Br2N3O2/c1-23(11-14-7-9-15(20)10-8-14)13-19(26)24(2)12-18(25)22-17-6-4-3-5-16(17)21/h3-10H,11-13H2,1-2H3,(H,22,25). The van der Waals surface area contributed by atoms with Crippen molar-refractivity contribution in [3.05, 3.63) is 63.0 Å².